The molecule has 2 rings (SSSR count). The first-order chi connectivity index (χ1) is 11.1. The molecular formula is C16H13Cl3O4. The minimum Gasteiger partial charge on any atom is -0.493 e. The van der Waals surface area contributed by atoms with Crippen LogP contribution >= 0.6 is 34.8 Å². The Morgan fingerprint density at radius 1 is 1.00 bits per heavy atom. The van der Waals surface area contributed by atoms with Gasteiger partial charge in [0.05, 0.1) is 22.7 Å². The average Bonchev–Trinajstić information content (AvgIpc) is 2.53. The van der Waals surface area contributed by atoms with Crippen molar-refractivity contribution in [3.05, 3.63) is 51.0 Å². The van der Waals surface area contributed by atoms with Crippen molar-refractivity contribution in [2.24, 2.45) is 0 Å². The van der Waals surface area contributed by atoms with E-state index in [0.717, 1.165) is 0 Å². The summed E-state index contributed by atoms with van der Waals surface area (Å²) in [6, 6.07) is 8.12. The second-order valence-electron chi connectivity index (χ2n) is 4.39. The molecule has 0 saturated carbocycles. The number of rotatable bonds is 7. The Hall–Kier alpha value is -1.62. The number of para-hydroxylation sites is 1. The Bertz CT molecular complexity index is 681. The molecular weight excluding hydrogens is 363 g/mol. The summed E-state index contributed by atoms with van der Waals surface area (Å²) in [4.78, 5) is 11.1. The molecule has 0 aliphatic rings. The van der Waals surface area contributed by atoms with Gasteiger partial charge in [-0.1, -0.05) is 40.9 Å². The van der Waals surface area contributed by atoms with E-state index in [0.29, 0.717) is 44.2 Å². The van der Waals surface area contributed by atoms with Gasteiger partial charge in [-0.2, -0.15) is 0 Å². The number of methoxy groups -OCH3 is 1. The van der Waals surface area contributed by atoms with E-state index in [1.165, 1.54) is 19.2 Å². The van der Waals surface area contributed by atoms with Crippen molar-refractivity contribution in [2.45, 2.75) is 0 Å². The van der Waals surface area contributed by atoms with Crippen LogP contribution in [0.3, 0.4) is 0 Å². The number of benzene rings is 2. The summed E-state index contributed by atoms with van der Waals surface area (Å²) in [5.74, 6) is 1.16. The normalized spacial score (nSPS) is 10.3. The van der Waals surface area contributed by atoms with Crippen LogP contribution in [0.5, 0.6) is 17.2 Å². The first-order valence-corrected chi connectivity index (χ1v) is 7.72. The molecule has 0 unspecified atom stereocenters. The van der Waals surface area contributed by atoms with Crippen molar-refractivity contribution in [1.82, 2.24) is 0 Å². The topological polar surface area (TPSA) is 44.8 Å². The molecule has 0 bridgehead atoms. The van der Waals surface area contributed by atoms with Gasteiger partial charge in [-0.15, -0.1) is 0 Å². The molecule has 0 aliphatic carbocycles. The quantitative estimate of drug-likeness (QED) is 0.508. The predicted molar refractivity (Wildman–Crippen MR) is 90.8 cm³/mol. The van der Waals surface area contributed by atoms with Gasteiger partial charge in [-0.3, -0.25) is 4.79 Å². The van der Waals surface area contributed by atoms with Gasteiger partial charge in [0.15, 0.2) is 23.5 Å². The first-order valence-electron chi connectivity index (χ1n) is 6.59. The minimum absolute atomic E-state index is 0.177. The second kappa shape index (κ2) is 8.29. The maximum Gasteiger partial charge on any atom is 0.171 e. The average molecular weight is 376 g/mol. The molecule has 0 amide bonds. The highest BCUT2D eigenvalue weighted by molar-refractivity contribution is 6.40. The van der Waals surface area contributed by atoms with Crippen molar-refractivity contribution < 1.29 is 19.0 Å². The summed E-state index contributed by atoms with van der Waals surface area (Å²) in [7, 11) is 1.50. The SMILES string of the molecule is COc1cccc(C=O)c1OCCOc1c(Cl)cc(Cl)cc1Cl. The van der Waals surface area contributed by atoms with Crippen molar-refractivity contribution in [2.75, 3.05) is 20.3 Å². The molecule has 0 fully saturated rings. The minimum atomic E-state index is 0.177. The maximum atomic E-state index is 11.1. The Morgan fingerprint density at radius 2 is 1.61 bits per heavy atom. The van der Waals surface area contributed by atoms with E-state index in [2.05, 4.69) is 0 Å². The van der Waals surface area contributed by atoms with Gasteiger partial charge in [0.1, 0.15) is 13.2 Å². The van der Waals surface area contributed by atoms with Gasteiger partial charge < -0.3 is 14.2 Å². The molecule has 2 aromatic rings. The fourth-order valence-electron chi connectivity index (χ4n) is 1.90. The van der Waals surface area contributed by atoms with E-state index in [-0.39, 0.29) is 13.2 Å². The number of aldehydes is 1. The second-order valence-corrected chi connectivity index (χ2v) is 5.64. The van der Waals surface area contributed by atoms with Crippen LogP contribution < -0.4 is 14.2 Å². The van der Waals surface area contributed by atoms with Crippen molar-refractivity contribution in [3.8, 4) is 17.2 Å². The Balaban J connectivity index is 2.00. The van der Waals surface area contributed by atoms with E-state index < -0.39 is 0 Å². The standard InChI is InChI=1S/C16H13Cl3O4/c1-21-14-4-2-3-10(9-20)15(14)22-5-6-23-16-12(18)7-11(17)8-13(16)19/h2-4,7-9H,5-6H2,1H3. The van der Waals surface area contributed by atoms with E-state index >= 15 is 0 Å². The molecule has 0 aliphatic heterocycles. The molecule has 0 atom stereocenters. The Labute approximate surface area is 148 Å². The molecule has 0 radical (unpaired) electrons. The molecule has 23 heavy (non-hydrogen) atoms. The first kappa shape index (κ1) is 17.7. The van der Waals surface area contributed by atoms with E-state index in [9.17, 15) is 4.79 Å². The van der Waals surface area contributed by atoms with Crippen LogP contribution in [0.4, 0.5) is 0 Å². The van der Waals surface area contributed by atoms with E-state index in [1.54, 1.807) is 18.2 Å². The molecule has 0 spiro atoms. The van der Waals surface area contributed by atoms with Crippen molar-refractivity contribution >= 4 is 41.1 Å². The van der Waals surface area contributed by atoms with Gasteiger partial charge in [0, 0.05) is 5.02 Å². The third-order valence-electron chi connectivity index (χ3n) is 2.90. The summed E-state index contributed by atoms with van der Waals surface area (Å²) in [5.41, 5.74) is 0.395. The van der Waals surface area contributed by atoms with Crippen LogP contribution in [0.2, 0.25) is 15.1 Å². The lowest BCUT2D eigenvalue weighted by molar-refractivity contribution is 0.111. The van der Waals surface area contributed by atoms with Gasteiger partial charge in [0.2, 0.25) is 0 Å². The van der Waals surface area contributed by atoms with Crippen molar-refractivity contribution in [1.29, 1.82) is 0 Å². The lowest BCUT2D eigenvalue weighted by Gasteiger charge is -2.14. The zero-order valence-electron chi connectivity index (χ0n) is 12.1. The number of carbonyl (C=O) groups excluding carboxylic acids is 1. The van der Waals surface area contributed by atoms with Crippen molar-refractivity contribution in [3.63, 3.8) is 0 Å². The Morgan fingerprint density at radius 3 is 2.17 bits per heavy atom. The lowest BCUT2D eigenvalue weighted by atomic mass is 10.2. The van der Waals surface area contributed by atoms with Crippen LogP contribution in [0.25, 0.3) is 0 Å². The largest absolute Gasteiger partial charge is 0.493 e. The fraction of sp³-hybridized carbons (Fsp3) is 0.188. The van der Waals surface area contributed by atoms with Gasteiger partial charge in [-0.05, 0) is 24.3 Å². The van der Waals surface area contributed by atoms with Crippen LogP contribution in [0, 0.1) is 0 Å². The number of halogens is 3. The lowest BCUT2D eigenvalue weighted by Crippen LogP contribution is -2.11. The molecule has 0 aromatic heterocycles. The van der Waals surface area contributed by atoms with Crippen LogP contribution in [0.1, 0.15) is 10.4 Å². The summed E-state index contributed by atoms with van der Waals surface area (Å²) in [5, 5.41) is 1.05. The third-order valence-corrected chi connectivity index (χ3v) is 3.68. The smallest absolute Gasteiger partial charge is 0.171 e. The highest BCUT2D eigenvalue weighted by atomic mass is 35.5. The molecule has 4 nitrogen and oxygen atoms in total. The predicted octanol–water partition coefficient (Wildman–Crippen LogP) is 4.93. The monoisotopic (exact) mass is 374 g/mol. The van der Waals surface area contributed by atoms with Gasteiger partial charge in [0.25, 0.3) is 0 Å². The fourth-order valence-corrected chi connectivity index (χ4v) is 2.82. The summed E-state index contributed by atoms with van der Waals surface area (Å²) in [6.07, 6.45) is 0.700. The number of ether oxygens (including phenoxy) is 3. The summed E-state index contributed by atoms with van der Waals surface area (Å²) < 4.78 is 16.3. The van der Waals surface area contributed by atoms with E-state index in [4.69, 9.17) is 49.0 Å². The number of hydrogen-bond acceptors (Lipinski definition) is 4. The zero-order chi connectivity index (χ0) is 16.8. The molecule has 0 N–H and O–H groups in total. The van der Waals surface area contributed by atoms with Gasteiger partial charge >= 0.3 is 0 Å². The molecule has 0 saturated heterocycles. The van der Waals surface area contributed by atoms with Crippen LogP contribution in [0.15, 0.2) is 30.3 Å². The third kappa shape index (κ3) is 4.44. The maximum absolute atomic E-state index is 11.1. The molecule has 7 heteroatoms. The highest BCUT2D eigenvalue weighted by Crippen LogP contribution is 2.36. The van der Waals surface area contributed by atoms with Crippen LogP contribution in [-0.2, 0) is 0 Å². The zero-order valence-corrected chi connectivity index (χ0v) is 14.4. The van der Waals surface area contributed by atoms with E-state index in [1.807, 2.05) is 0 Å². The number of carbonyl (C=O) groups is 1. The molecule has 0 heterocycles. The number of hydrogen-bond donors (Lipinski definition) is 0. The van der Waals surface area contributed by atoms with Crippen LogP contribution in [-0.4, -0.2) is 26.6 Å². The summed E-state index contributed by atoms with van der Waals surface area (Å²) in [6.45, 7) is 0.355. The summed E-state index contributed by atoms with van der Waals surface area (Å²) >= 11 is 17.9. The molecule has 2 aromatic carbocycles. The highest BCUT2D eigenvalue weighted by Gasteiger charge is 2.12. The molecule has 122 valence electrons. The Kier molecular flexibility index (Phi) is 6.39. The van der Waals surface area contributed by atoms with Gasteiger partial charge in [-0.25, -0.2) is 0 Å².